The molecule has 0 aromatic heterocycles. The summed E-state index contributed by atoms with van der Waals surface area (Å²) in [5.41, 5.74) is 1.04. The second-order valence-corrected chi connectivity index (χ2v) is 6.98. The Morgan fingerprint density at radius 2 is 1.68 bits per heavy atom. The van der Waals surface area contributed by atoms with E-state index in [1.54, 1.807) is 12.1 Å². The Morgan fingerprint density at radius 3 is 2.28 bits per heavy atom. The third-order valence-electron chi connectivity index (χ3n) is 5.03. The van der Waals surface area contributed by atoms with E-state index >= 15 is 0 Å². The highest BCUT2D eigenvalue weighted by Crippen LogP contribution is 2.31. The van der Waals surface area contributed by atoms with Crippen LogP contribution in [0.1, 0.15) is 63.9 Å². The van der Waals surface area contributed by atoms with Gasteiger partial charge in [-0.2, -0.15) is 0 Å². The third kappa shape index (κ3) is 6.26. The summed E-state index contributed by atoms with van der Waals surface area (Å²) in [6.07, 6.45) is 6.94. The quantitative estimate of drug-likeness (QED) is 0.463. The first-order valence-electron chi connectivity index (χ1n) is 9.53. The second-order valence-electron chi connectivity index (χ2n) is 6.98. The molecule has 4 heteroatoms. The predicted octanol–water partition coefficient (Wildman–Crippen LogP) is 5.06. The van der Waals surface area contributed by atoms with Crippen LogP contribution >= 0.6 is 0 Å². The van der Waals surface area contributed by atoms with Crippen LogP contribution in [0, 0.1) is 11.8 Å². The summed E-state index contributed by atoms with van der Waals surface area (Å²) < 4.78 is 17.7. The number of carbonyl (C=O) groups is 2. The first-order valence-corrected chi connectivity index (χ1v) is 9.53. The number of rotatable bonds is 9. The molecule has 25 heavy (non-hydrogen) atoms. The van der Waals surface area contributed by atoms with Crippen LogP contribution in [0.3, 0.4) is 0 Å². The number of esters is 1. The molecular weight excluding hydrogens is 319 g/mol. The van der Waals surface area contributed by atoms with Crippen LogP contribution < -0.4 is 4.74 Å². The lowest BCUT2D eigenvalue weighted by Crippen LogP contribution is -2.28. The normalized spacial score (nSPS) is 20.2. The van der Waals surface area contributed by atoms with Gasteiger partial charge in [-0.05, 0) is 62.6 Å². The maximum atomic E-state index is 12.3. The molecule has 3 nitrogen and oxygen atoms in total. The number of aryl methyl sites for hydroxylation is 1. The molecule has 1 aromatic carbocycles. The number of alkyl halides is 1. The Bertz CT molecular complexity index is 545. The van der Waals surface area contributed by atoms with Gasteiger partial charge in [0.05, 0.1) is 12.6 Å². The number of carbonyl (C=O) groups excluding carboxylic acids is 2. The van der Waals surface area contributed by atoms with Crippen molar-refractivity contribution in [1.82, 2.24) is 0 Å². The molecule has 138 valence electrons. The highest BCUT2D eigenvalue weighted by Gasteiger charge is 2.30. The van der Waals surface area contributed by atoms with Crippen molar-refractivity contribution in [3.05, 3.63) is 29.8 Å². The van der Waals surface area contributed by atoms with Crippen molar-refractivity contribution in [1.29, 1.82) is 0 Å². The number of ether oxygens (including phenoxy) is 1. The molecule has 0 aliphatic heterocycles. The molecular formula is C21H29FO3. The lowest BCUT2D eigenvalue weighted by Gasteiger charge is -2.26. The van der Waals surface area contributed by atoms with Crippen LogP contribution in [0.4, 0.5) is 4.39 Å². The number of unbranched alkanes of at least 4 members (excludes halogenated alkanes) is 1. The minimum absolute atomic E-state index is 0.110. The molecule has 0 saturated heterocycles. The number of ketones is 1. The van der Waals surface area contributed by atoms with Gasteiger partial charge in [0.1, 0.15) is 11.5 Å². The van der Waals surface area contributed by atoms with Crippen molar-refractivity contribution in [2.75, 3.05) is 6.67 Å². The van der Waals surface area contributed by atoms with Crippen LogP contribution in [-0.4, -0.2) is 18.4 Å². The Kier molecular flexibility index (Phi) is 8.10. The van der Waals surface area contributed by atoms with Gasteiger partial charge in [-0.1, -0.05) is 25.5 Å². The summed E-state index contributed by atoms with van der Waals surface area (Å²) in [5, 5.41) is 0. The number of benzene rings is 1. The summed E-state index contributed by atoms with van der Waals surface area (Å²) in [6.45, 7) is 1.77. The van der Waals surface area contributed by atoms with Gasteiger partial charge in [-0.15, -0.1) is 0 Å². The van der Waals surface area contributed by atoms with Crippen molar-refractivity contribution in [2.24, 2.45) is 11.8 Å². The molecule has 0 spiro atoms. The zero-order chi connectivity index (χ0) is 18.1. The molecule has 0 radical (unpaired) electrons. The monoisotopic (exact) mass is 348 g/mol. The van der Waals surface area contributed by atoms with E-state index in [0.29, 0.717) is 30.8 Å². The molecule has 0 unspecified atom stereocenters. The third-order valence-corrected chi connectivity index (χ3v) is 5.03. The maximum Gasteiger partial charge on any atom is 0.314 e. The average molecular weight is 348 g/mol. The molecule has 1 aromatic rings. The number of hydrogen-bond acceptors (Lipinski definition) is 3. The molecule has 1 aliphatic carbocycles. The van der Waals surface area contributed by atoms with Crippen molar-refractivity contribution in [3.63, 3.8) is 0 Å². The lowest BCUT2D eigenvalue weighted by molar-refractivity contribution is -0.141. The van der Waals surface area contributed by atoms with E-state index in [-0.39, 0.29) is 24.5 Å². The fourth-order valence-electron chi connectivity index (χ4n) is 3.40. The number of hydrogen-bond donors (Lipinski definition) is 0. The molecule has 2 rings (SSSR count). The molecule has 0 atom stereocenters. The average Bonchev–Trinajstić information content (AvgIpc) is 2.65. The summed E-state index contributed by atoms with van der Waals surface area (Å²) in [6, 6.07) is 7.29. The first kappa shape index (κ1) is 19.6. The Balaban J connectivity index is 1.77. The maximum absolute atomic E-state index is 12.3. The molecule has 0 amide bonds. The predicted molar refractivity (Wildman–Crippen MR) is 96.4 cm³/mol. The van der Waals surface area contributed by atoms with Crippen LogP contribution in [0.5, 0.6) is 5.75 Å². The van der Waals surface area contributed by atoms with Gasteiger partial charge in [-0.25, -0.2) is 0 Å². The minimum atomic E-state index is -0.319. The smallest absolute Gasteiger partial charge is 0.314 e. The molecule has 0 N–H and O–H groups in total. The van der Waals surface area contributed by atoms with Crippen molar-refractivity contribution >= 4 is 11.8 Å². The van der Waals surface area contributed by atoms with Gasteiger partial charge >= 0.3 is 5.97 Å². The minimum Gasteiger partial charge on any atom is -0.426 e. The van der Waals surface area contributed by atoms with Gasteiger partial charge in [-0.3, -0.25) is 14.0 Å². The lowest BCUT2D eigenvalue weighted by atomic mass is 9.79. The fourth-order valence-corrected chi connectivity index (χ4v) is 3.40. The van der Waals surface area contributed by atoms with Gasteiger partial charge in [0.15, 0.2) is 0 Å². The summed E-state index contributed by atoms with van der Waals surface area (Å²) in [5.74, 6) is 0.718. The molecule has 1 fully saturated rings. The van der Waals surface area contributed by atoms with Crippen LogP contribution in [0.2, 0.25) is 0 Å². The second kappa shape index (κ2) is 10.3. The highest BCUT2D eigenvalue weighted by atomic mass is 19.1. The van der Waals surface area contributed by atoms with Crippen LogP contribution in [0.15, 0.2) is 24.3 Å². The van der Waals surface area contributed by atoms with Gasteiger partial charge in [0, 0.05) is 12.3 Å². The first-order chi connectivity index (χ1) is 12.1. The van der Waals surface area contributed by atoms with E-state index in [1.807, 2.05) is 12.1 Å². The standard InChI is InChI=1S/C21H29FO3/c1-2-3-6-20(23)17-9-11-18(12-10-17)21(24)25-19-13-7-16(8-14-19)5-4-15-22/h7-8,13-14,17-18H,2-6,9-12,15H2,1H3. The summed E-state index contributed by atoms with van der Waals surface area (Å²) in [4.78, 5) is 24.4. The topological polar surface area (TPSA) is 43.4 Å². The summed E-state index contributed by atoms with van der Waals surface area (Å²) in [7, 11) is 0. The van der Waals surface area contributed by atoms with E-state index in [2.05, 4.69) is 6.92 Å². The summed E-state index contributed by atoms with van der Waals surface area (Å²) >= 11 is 0. The highest BCUT2D eigenvalue weighted by molar-refractivity contribution is 5.81. The number of Topliss-reactive ketones (excluding diaryl/α,β-unsaturated/α-hetero) is 1. The zero-order valence-electron chi connectivity index (χ0n) is 15.1. The van der Waals surface area contributed by atoms with Gasteiger partial charge in [0.25, 0.3) is 0 Å². The molecule has 1 saturated carbocycles. The van der Waals surface area contributed by atoms with Crippen LogP contribution in [0.25, 0.3) is 0 Å². The SMILES string of the molecule is CCCCC(=O)C1CCC(C(=O)Oc2ccc(CCCF)cc2)CC1. The largest absolute Gasteiger partial charge is 0.426 e. The van der Waals surface area contributed by atoms with Crippen LogP contribution in [-0.2, 0) is 16.0 Å². The van der Waals surface area contributed by atoms with Gasteiger partial charge < -0.3 is 4.74 Å². The zero-order valence-corrected chi connectivity index (χ0v) is 15.1. The van der Waals surface area contributed by atoms with E-state index in [4.69, 9.17) is 4.74 Å². The van der Waals surface area contributed by atoms with Crippen molar-refractivity contribution in [3.8, 4) is 5.75 Å². The van der Waals surface area contributed by atoms with Gasteiger partial charge in [0.2, 0.25) is 0 Å². The molecule has 0 bridgehead atoms. The molecule has 1 aliphatic rings. The Hall–Kier alpha value is -1.71. The van der Waals surface area contributed by atoms with E-state index in [9.17, 15) is 14.0 Å². The van der Waals surface area contributed by atoms with E-state index < -0.39 is 0 Å². The van der Waals surface area contributed by atoms with E-state index in [1.165, 1.54) is 0 Å². The van der Waals surface area contributed by atoms with Crippen molar-refractivity contribution < 1.29 is 18.7 Å². The Morgan fingerprint density at radius 1 is 1.04 bits per heavy atom. The fraction of sp³-hybridized carbons (Fsp3) is 0.619. The number of halogens is 1. The Labute approximate surface area is 150 Å². The molecule has 0 heterocycles. The van der Waals surface area contributed by atoms with E-state index in [0.717, 1.165) is 44.1 Å². The van der Waals surface area contributed by atoms with Crippen molar-refractivity contribution in [2.45, 2.75) is 64.7 Å².